The topological polar surface area (TPSA) is 116 Å². The largest absolute Gasteiger partial charge is 0.345 e. The molecular formula is C15H14N6O2S. The molecule has 1 aliphatic heterocycles. The van der Waals surface area contributed by atoms with Crippen molar-refractivity contribution < 1.29 is 8.42 Å². The molecule has 0 radical (unpaired) electrons. The monoisotopic (exact) mass is 342 g/mol. The summed E-state index contributed by atoms with van der Waals surface area (Å²) in [5.74, 6) is -0.434. The minimum absolute atomic E-state index is 0.0475. The van der Waals surface area contributed by atoms with Crippen molar-refractivity contribution in [2.45, 2.75) is 12.3 Å². The summed E-state index contributed by atoms with van der Waals surface area (Å²) in [6.07, 6.45) is 4.18. The van der Waals surface area contributed by atoms with E-state index in [4.69, 9.17) is 5.26 Å². The van der Waals surface area contributed by atoms with Crippen LogP contribution in [-0.2, 0) is 10.0 Å². The number of hydrogen-bond acceptors (Lipinski definition) is 6. The Morgan fingerprint density at radius 1 is 1.38 bits per heavy atom. The zero-order valence-corrected chi connectivity index (χ0v) is 13.5. The van der Waals surface area contributed by atoms with E-state index in [1.54, 1.807) is 18.5 Å². The van der Waals surface area contributed by atoms with Gasteiger partial charge in [-0.2, -0.15) is 5.26 Å². The lowest BCUT2D eigenvalue weighted by Crippen LogP contribution is -2.30. The van der Waals surface area contributed by atoms with E-state index in [1.807, 2.05) is 12.1 Å². The van der Waals surface area contributed by atoms with Crippen LogP contribution < -0.4 is 0 Å². The van der Waals surface area contributed by atoms with Crippen LogP contribution in [0, 0.1) is 11.3 Å². The highest BCUT2D eigenvalue weighted by atomic mass is 32.2. The summed E-state index contributed by atoms with van der Waals surface area (Å²) < 4.78 is 25.6. The number of hydrogen-bond donors (Lipinski definition) is 1. The fraction of sp³-hybridized carbons (Fsp3) is 0.333. The number of pyridine rings is 1. The van der Waals surface area contributed by atoms with Crippen molar-refractivity contribution in [3.63, 3.8) is 0 Å². The van der Waals surface area contributed by atoms with Crippen LogP contribution in [0.5, 0.6) is 0 Å². The van der Waals surface area contributed by atoms with Crippen LogP contribution in [0.4, 0.5) is 0 Å². The van der Waals surface area contributed by atoms with E-state index in [0.29, 0.717) is 30.8 Å². The van der Waals surface area contributed by atoms with Crippen LogP contribution in [0.25, 0.3) is 22.1 Å². The maximum absolute atomic E-state index is 12.1. The van der Waals surface area contributed by atoms with E-state index in [0.717, 1.165) is 16.3 Å². The number of sulfonamides is 1. The van der Waals surface area contributed by atoms with Crippen LogP contribution in [0.1, 0.15) is 17.9 Å². The molecule has 1 N–H and O–H groups in total. The average Bonchev–Trinajstić information content (AvgIpc) is 3.23. The van der Waals surface area contributed by atoms with E-state index in [9.17, 15) is 8.42 Å². The minimum Gasteiger partial charge on any atom is -0.345 e. The van der Waals surface area contributed by atoms with Gasteiger partial charge in [0.05, 0.1) is 6.07 Å². The molecule has 1 unspecified atom stereocenters. The zero-order valence-electron chi connectivity index (χ0n) is 12.7. The number of nitrogens with zero attached hydrogens (tertiary/aromatic N) is 5. The predicted molar refractivity (Wildman–Crippen MR) is 87.5 cm³/mol. The lowest BCUT2D eigenvalue weighted by atomic mass is 9.95. The van der Waals surface area contributed by atoms with Crippen molar-refractivity contribution in [2.75, 3.05) is 18.8 Å². The smallest absolute Gasteiger partial charge is 0.227 e. The van der Waals surface area contributed by atoms with E-state index < -0.39 is 15.8 Å². The summed E-state index contributed by atoms with van der Waals surface area (Å²) >= 11 is 0. The molecule has 1 fully saturated rings. The molecule has 1 aliphatic rings. The third-order valence-electron chi connectivity index (χ3n) is 4.43. The van der Waals surface area contributed by atoms with Gasteiger partial charge in [-0.25, -0.2) is 17.7 Å². The van der Waals surface area contributed by atoms with Gasteiger partial charge in [-0.1, -0.05) is 0 Å². The first kappa shape index (κ1) is 15.0. The lowest BCUT2D eigenvalue weighted by molar-refractivity contribution is 0.476. The van der Waals surface area contributed by atoms with E-state index in [-0.39, 0.29) is 5.92 Å². The molecule has 0 spiro atoms. The number of aromatic nitrogens is 4. The highest BCUT2D eigenvalue weighted by Gasteiger charge is 2.33. The molecule has 4 rings (SSSR count). The standard InChI is InChI=1S/C15H14N6O2S/c16-4-8-24(22,23)21-7-3-10(9-21)11-1-5-18-15-13(11)12-2-6-17-14(12)19-20-15/h1-2,5-6,10H,3,7-9H2,(H,17,19). The van der Waals surface area contributed by atoms with E-state index in [2.05, 4.69) is 20.2 Å². The van der Waals surface area contributed by atoms with Gasteiger partial charge in [-0.15, -0.1) is 10.2 Å². The molecule has 0 bridgehead atoms. The Bertz CT molecular complexity index is 1070. The van der Waals surface area contributed by atoms with Crippen molar-refractivity contribution >= 4 is 32.1 Å². The number of rotatable bonds is 3. The van der Waals surface area contributed by atoms with Crippen molar-refractivity contribution in [1.29, 1.82) is 5.26 Å². The Balaban J connectivity index is 1.78. The highest BCUT2D eigenvalue weighted by molar-refractivity contribution is 7.89. The first-order valence-electron chi connectivity index (χ1n) is 7.53. The molecule has 1 saturated heterocycles. The second-order valence-corrected chi connectivity index (χ2v) is 7.77. The summed E-state index contributed by atoms with van der Waals surface area (Å²) in [7, 11) is -3.51. The Kier molecular flexibility index (Phi) is 3.44. The minimum atomic E-state index is -3.51. The summed E-state index contributed by atoms with van der Waals surface area (Å²) in [5, 5.41) is 18.8. The zero-order chi connectivity index (χ0) is 16.7. The summed E-state index contributed by atoms with van der Waals surface area (Å²) in [5.41, 5.74) is 2.26. The van der Waals surface area contributed by atoms with Gasteiger partial charge in [0.25, 0.3) is 0 Å². The number of nitriles is 1. The maximum Gasteiger partial charge on any atom is 0.227 e. The van der Waals surface area contributed by atoms with Gasteiger partial charge in [-0.3, -0.25) is 0 Å². The molecule has 122 valence electrons. The van der Waals surface area contributed by atoms with Gasteiger partial charge < -0.3 is 4.98 Å². The van der Waals surface area contributed by atoms with Gasteiger partial charge in [-0.05, 0) is 30.0 Å². The third-order valence-corrected chi connectivity index (χ3v) is 6.05. The normalized spacial score (nSPS) is 19.0. The molecule has 0 amide bonds. The highest BCUT2D eigenvalue weighted by Crippen LogP contribution is 2.34. The van der Waals surface area contributed by atoms with Crippen molar-refractivity contribution in [3.8, 4) is 6.07 Å². The van der Waals surface area contributed by atoms with Crippen molar-refractivity contribution in [3.05, 3.63) is 30.1 Å². The second kappa shape index (κ2) is 5.51. The fourth-order valence-electron chi connectivity index (χ4n) is 3.31. The first-order chi connectivity index (χ1) is 11.6. The number of aromatic amines is 1. The van der Waals surface area contributed by atoms with E-state index >= 15 is 0 Å². The lowest BCUT2D eigenvalue weighted by Gasteiger charge is -2.15. The third kappa shape index (κ3) is 2.31. The van der Waals surface area contributed by atoms with Gasteiger partial charge in [0.1, 0.15) is 0 Å². The molecule has 3 aromatic heterocycles. The number of H-pyrrole nitrogens is 1. The Labute approximate surface area is 138 Å². The molecule has 0 aliphatic carbocycles. The summed E-state index contributed by atoms with van der Waals surface area (Å²) in [6, 6.07) is 5.57. The fourth-order valence-corrected chi connectivity index (χ4v) is 4.44. The first-order valence-corrected chi connectivity index (χ1v) is 9.14. The van der Waals surface area contributed by atoms with Crippen LogP contribution in [0.2, 0.25) is 0 Å². The SMILES string of the molecule is N#CCS(=O)(=O)N1CCC(c2ccnc3nnc4[nH]ccc4c23)C1. The Morgan fingerprint density at radius 3 is 3.08 bits per heavy atom. The van der Waals surface area contributed by atoms with Gasteiger partial charge >= 0.3 is 0 Å². The average molecular weight is 342 g/mol. The summed E-state index contributed by atoms with van der Waals surface area (Å²) in [4.78, 5) is 7.31. The number of nitrogens with one attached hydrogen (secondary N) is 1. The molecule has 1 atom stereocenters. The molecule has 4 heterocycles. The van der Waals surface area contributed by atoms with Gasteiger partial charge in [0.15, 0.2) is 17.0 Å². The Hall–Kier alpha value is -2.57. The molecular weight excluding hydrogens is 328 g/mol. The van der Waals surface area contributed by atoms with Crippen LogP contribution in [0.3, 0.4) is 0 Å². The van der Waals surface area contributed by atoms with Gasteiger partial charge in [0.2, 0.25) is 10.0 Å². The van der Waals surface area contributed by atoms with Gasteiger partial charge in [0, 0.05) is 36.3 Å². The second-order valence-electron chi connectivity index (χ2n) is 5.80. The molecule has 0 saturated carbocycles. The Morgan fingerprint density at radius 2 is 2.25 bits per heavy atom. The van der Waals surface area contributed by atoms with Crippen molar-refractivity contribution in [1.82, 2.24) is 24.5 Å². The molecule has 8 nitrogen and oxygen atoms in total. The quantitative estimate of drug-likeness (QED) is 0.763. The van der Waals surface area contributed by atoms with E-state index in [1.165, 1.54) is 4.31 Å². The molecule has 0 aromatic carbocycles. The molecule has 3 aromatic rings. The predicted octanol–water partition coefficient (Wildman–Crippen LogP) is 1.15. The van der Waals surface area contributed by atoms with Crippen LogP contribution in [0.15, 0.2) is 24.5 Å². The molecule has 24 heavy (non-hydrogen) atoms. The van der Waals surface area contributed by atoms with Crippen LogP contribution >= 0.6 is 0 Å². The number of fused-ring (bicyclic) bond motifs is 3. The van der Waals surface area contributed by atoms with Crippen LogP contribution in [-0.4, -0.2) is 51.7 Å². The molecule has 9 heteroatoms. The maximum atomic E-state index is 12.1. The van der Waals surface area contributed by atoms with Crippen molar-refractivity contribution in [2.24, 2.45) is 0 Å². The summed E-state index contributed by atoms with van der Waals surface area (Å²) in [6.45, 7) is 0.796.